The molecule has 0 saturated carbocycles. The van der Waals surface area contributed by atoms with Gasteiger partial charge < -0.3 is 9.64 Å². The summed E-state index contributed by atoms with van der Waals surface area (Å²) < 4.78 is 8.07. The van der Waals surface area contributed by atoms with E-state index in [9.17, 15) is 9.59 Å². The van der Waals surface area contributed by atoms with Gasteiger partial charge >= 0.3 is 5.97 Å². The predicted octanol–water partition coefficient (Wildman–Crippen LogP) is 0.173. The van der Waals surface area contributed by atoms with Crippen LogP contribution in [0.2, 0.25) is 0 Å². The highest BCUT2D eigenvalue weighted by molar-refractivity contribution is 7.03. The maximum Gasteiger partial charge on any atom is 0.325 e. The predicted molar refractivity (Wildman–Crippen MR) is 53.5 cm³/mol. The average molecular weight is 229 g/mol. The molecule has 0 spiro atoms. The Morgan fingerprint density at radius 3 is 2.80 bits per heavy atom. The van der Waals surface area contributed by atoms with Crippen LogP contribution in [0.4, 0.5) is 0 Å². The van der Waals surface area contributed by atoms with Crippen molar-refractivity contribution in [3.63, 3.8) is 0 Å². The fraction of sp³-hybridized carbons (Fsp3) is 0.500. The van der Waals surface area contributed by atoms with Crippen LogP contribution in [0.25, 0.3) is 0 Å². The molecule has 1 rings (SSSR count). The molecule has 0 aliphatic carbocycles. The summed E-state index contributed by atoms with van der Waals surface area (Å²) in [6.45, 7) is 2.13. The lowest BCUT2D eigenvalue weighted by atomic mass is 10.4. The Balaban J connectivity index is 2.67. The number of carbonyl (C=O) groups is 2. The van der Waals surface area contributed by atoms with E-state index < -0.39 is 5.97 Å². The van der Waals surface area contributed by atoms with Gasteiger partial charge in [-0.1, -0.05) is 4.49 Å². The summed E-state index contributed by atoms with van der Waals surface area (Å²) in [5.74, 6) is -0.759. The molecule has 0 radical (unpaired) electrons. The Labute approximate surface area is 91.0 Å². The van der Waals surface area contributed by atoms with Gasteiger partial charge in [0.25, 0.3) is 5.91 Å². The molecule has 0 saturated heterocycles. The molecule has 0 aliphatic rings. The summed E-state index contributed by atoms with van der Waals surface area (Å²) in [7, 11) is 1.28. The van der Waals surface area contributed by atoms with Gasteiger partial charge in [0, 0.05) is 11.9 Å². The van der Waals surface area contributed by atoms with Crippen molar-refractivity contribution in [1.29, 1.82) is 0 Å². The number of nitrogens with zero attached hydrogens (tertiary/aromatic N) is 3. The molecule has 0 unspecified atom stereocenters. The van der Waals surface area contributed by atoms with E-state index in [1.165, 1.54) is 12.0 Å². The van der Waals surface area contributed by atoms with Crippen LogP contribution in [0.5, 0.6) is 0 Å². The van der Waals surface area contributed by atoms with Crippen LogP contribution in [-0.4, -0.2) is 46.6 Å². The molecule has 0 bridgehead atoms. The average Bonchev–Trinajstić information content (AvgIpc) is 2.77. The maximum atomic E-state index is 11.7. The number of esters is 1. The van der Waals surface area contributed by atoms with Crippen LogP contribution in [0, 0.1) is 0 Å². The summed E-state index contributed by atoms with van der Waals surface area (Å²) in [6, 6.07) is 0. The van der Waals surface area contributed by atoms with Crippen LogP contribution in [0.1, 0.15) is 17.4 Å². The molecular weight excluding hydrogens is 218 g/mol. The van der Waals surface area contributed by atoms with Crippen LogP contribution in [0.15, 0.2) is 5.38 Å². The van der Waals surface area contributed by atoms with Crippen molar-refractivity contribution in [2.75, 3.05) is 20.2 Å². The Morgan fingerprint density at radius 1 is 1.60 bits per heavy atom. The molecule has 0 aliphatic heterocycles. The summed E-state index contributed by atoms with van der Waals surface area (Å²) >= 11 is 1.10. The molecule has 15 heavy (non-hydrogen) atoms. The molecule has 0 N–H and O–H groups in total. The number of amides is 1. The number of hydrogen-bond acceptors (Lipinski definition) is 6. The van der Waals surface area contributed by atoms with Gasteiger partial charge in [0.15, 0.2) is 5.69 Å². The number of ether oxygens (including phenoxy) is 1. The molecule has 82 valence electrons. The van der Waals surface area contributed by atoms with Crippen molar-refractivity contribution in [3.8, 4) is 0 Å². The molecule has 7 heteroatoms. The van der Waals surface area contributed by atoms with Gasteiger partial charge in [0.1, 0.15) is 6.54 Å². The highest BCUT2D eigenvalue weighted by Gasteiger charge is 2.19. The number of carbonyl (C=O) groups excluding carboxylic acids is 2. The van der Waals surface area contributed by atoms with Crippen molar-refractivity contribution < 1.29 is 14.3 Å². The third-order valence-electron chi connectivity index (χ3n) is 1.80. The van der Waals surface area contributed by atoms with Crippen molar-refractivity contribution >= 4 is 23.4 Å². The lowest BCUT2D eigenvalue weighted by Crippen LogP contribution is -2.36. The van der Waals surface area contributed by atoms with Crippen molar-refractivity contribution in [1.82, 2.24) is 14.5 Å². The van der Waals surface area contributed by atoms with E-state index in [-0.39, 0.29) is 18.1 Å². The molecule has 0 fully saturated rings. The van der Waals surface area contributed by atoms with Crippen LogP contribution in [0.3, 0.4) is 0 Å². The number of methoxy groups -OCH3 is 1. The summed E-state index contributed by atoms with van der Waals surface area (Å²) in [5, 5.41) is 5.19. The van der Waals surface area contributed by atoms with Gasteiger partial charge in [-0.05, 0) is 18.5 Å². The standard InChI is InChI=1S/C8H11N3O3S/c1-3-11(4-7(12)14-2)8(13)6-5-15-10-9-6/h5H,3-4H2,1-2H3. The van der Waals surface area contributed by atoms with E-state index in [0.717, 1.165) is 11.5 Å². The van der Waals surface area contributed by atoms with E-state index in [4.69, 9.17) is 0 Å². The fourth-order valence-electron chi connectivity index (χ4n) is 0.967. The zero-order valence-electron chi connectivity index (χ0n) is 8.47. The van der Waals surface area contributed by atoms with Gasteiger partial charge in [0.2, 0.25) is 0 Å². The number of rotatable bonds is 4. The first-order valence-corrected chi connectivity index (χ1v) is 5.15. The number of aromatic nitrogens is 2. The first kappa shape index (κ1) is 11.6. The lowest BCUT2D eigenvalue weighted by Gasteiger charge is -2.17. The Bertz CT molecular complexity index is 339. The number of likely N-dealkylation sites (N-methyl/N-ethyl adjacent to an activating group) is 1. The van der Waals surface area contributed by atoms with E-state index in [1.54, 1.807) is 12.3 Å². The van der Waals surface area contributed by atoms with Gasteiger partial charge in [0.05, 0.1) is 7.11 Å². The summed E-state index contributed by atoms with van der Waals surface area (Å²) in [4.78, 5) is 24.1. The minimum atomic E-state index is -0.451. The molecule has 0 atom stereocenters. The third kappa shape index (κ3) is 2.98. The van der Waals surface area contributed by atoms with Gasteiger partial charge in [-0.15, -0.1) is 5.10 Å². The van der Waals surface area contributed by atoms with E-state index in [2.05, 4.69) is 14.3 Å². The lowest BCUT2D eigenvalue weighted by molar-refractivity contribution is -0.141. The normalized spacial score (nSPS) is 9.73. The molecule has 0 aromatic carbocycles. The maximum absolute atomic E-state index is 11.7. The van der Waals surface area contributed by atoms with Crippen LogP contribution >= 0.6 is 11.5 Å². The first-order valence-electron chi connectivity index (χ1n) is 4.32. The SMILES string of the molecule is CCN(CC(=O)OC)C(=O)c1csnn1. The van der Waals surface area contributed by atoms with E-state index >= 15 is 0 Å². The van der Waals surface area contributed by atoms with Gasteiger partial charge in [-0.25, -0.2) is 0 Å². The van der Waals surface area contributed by atoms with Crippen LogP contribution in [-0.2, 0) is 9.53 Å². The zero-order chi connectivity index (χ0) is 11.3. The molecular formula is C8H11N3O3S. The second-order valence-corrected chi connectivity index (χ2v) is 3.30. The van der Waals surface area contributed by atoms with Crippen molar-refractivity contribution in [2.45, 2.75) is 6.92 Å². The largest absolute Gasteiger partial charge is 0.468 e. The highest BCUT2D eigenvalue weighted by atomic mass is 32.1. The minimum absolute atomic E-state index is 0.0661. The smallest absolute Gasteiger partial charge is 0.325 e. The van der Waals surface area contributed by atoms with Gasteiger partial charge in [-0.3, -0.25) is 9.59 Å². The quantitative estimate of drug-likeness (QED) is 0.688. The number of hydrogen-bond donors (Lipinski definition) is 0. The Kier molecular flexibility index (Phi) is 4.17. The molecule has 1 heterocycles. The Morgan fingerprint density at radius 2 is 2.33 bits per heavy atom. The first-order chi connectivity index (χ1) is 7.19. The zero-order valence-corrected chi connectivity index (χ0v) is 9.28. The third-order valence-corrected chi connectivity index (χ3v) is 2.30. The molecule has 1 aromatic heterocycles. The summed E-state index contributed by atoms with van der Waals surface area (Å²) in [6.07, 6.45) is 0. The second kappa shape index (κ2) is 5.40. The Hall–Kier alpha value is -1.50. The topological polar surface area (TPSA) is 72.4 Å². The fourth-order valence-corrected chi connectivity index (χ4v) is 1.40. The van der Waals surface area contributed by atoms with Crippen molar-refractivity contribution in [2.24, 2.45) is 0 Å². The highest BCUT2D eigenvalue weighted by Crippen LogP contribution is 2.03. The van der Waals surface area contributed by atoms with E-state index in [1.807, 2.05) is 0 Å². The van der Waals surface area contributed by atoms with Crippen LogP contribution < -0.4 is 0 Å². The van der Waals surface area contributed by atoms with Crippen molar-refractivity contribution in [3.05, 3.63) is 11.1 Å². The van der Waals surface area contributed by atoms with E-state index in [0.29, 0.717) is 6.54 Å². The minimum Gasteiger partial charge on any atom is -0.468 e. The molecule has 1 aromatic rings. The summed E-state index contributed by atoms with van der Waals surface area (Å²) in [5.41, 5.74) is 0.255. The second-order valence-electron chi connectivity index (χ2n) is 2.69. The van der Waals surface area contributed by atoms with Gasteiger partial charge in [-0.2, -0.15) is 0 Å². The molecule has 1 amide bonds. The molecule has 6 nitrogen and oxygen atoms in total. The monoisotopic (exact) mass is 229 g/mol.